The highest BCUT2D eigenvalue weighted by atomic mass is 35.7. The fraction of sp³-hybridized carbons (Fsp3) is 0.222. The van der Waals surface area contributed by atoms with E-state index in [1.165, 1.54) is 5.32 Å². The predicted octanol–water partition coefficient (Wildman–Crippen LogP) is 3.88. The number of alkyl halides is 3. The summed E-state index contributed by atoms with van der Waals surface area (Å²) in [4.78, 5) is 11.0. The van der Waals surface area contributed by atoms with Crippen LogP contribution >= 0.6 is 21.7 Å². The van der Waals surface area contributed by atoms with Crippen LogP contribution in [0.1, 0.15) is 5.56 Å². The maximum atomic E-state index is 13.3. The van der Waals surface area contributed by atoms with E-state index in [-0.39, 0.29) is 0 Å². The van der Waals surface area contributed by atoms with E-state index in [1.54, 1.807) is 6.92 Å². The first-order valence-corrected chi connectivity index (χ1v) is 5.87. The highest BCUT2D eigenvalue weighted by Crippen LogP contribution is 2.31. The third kappa shape index (κ3) is 3.50. The molecule has 17 heavy (non-hydrogen) atoms. The molecular weight excluding hydrogens is 282 g/mol. The smallest absolute Gasteiger partial charge is 0.316 e. The summed E-state index contributed by atoms with van der Waals surface area (Å²) in [5.74, 6) is -3.18. The Labute approximate surface area is 103 Å². The number of halogens is 5. The SMILES string of the molecule is Cc1cc(F)c(NC(=O)C(F)(F)F)cc1SCl. The summed E-state index contributed by atoms with van der Waals surface area (Å²) < 4.78 is 49.2. The molecule has 0 unspecified atom stereocenters. The van der Waals surface area contributed by atoms with Crippen LogP contribution < -0.4 is 5.32 Å². The highest BCUT2D eigenvalue weighted by molar-refractivity contribution is 8.21. The summed E-state index contributed by atoms with van der Waals surface area (Å²) in [5.41, 5.74) is -0.0893. The van der Waals surface area contributed by atoms with Crippen molar-refractivity contribution in [1.29, 1.82) is 0 Å². The zero-order valence-electron chi connectivity index (χ0n) is 8.36. The number of carbonyl (C=O) groups is 1. The van der Waals surface area contributed by atoms with Crippen LogP contribution in [0.4, 0.5) is 23.2 Å². The number of benzene rings is 1. The number of rotatable bonds is 2. The molecule has 0 aliphatic carbocycles. The van der Waals surface area contributed by atoms with E-state index in [2.05, 4.69) is 0 Å². The van der Waals surface area contributed by atoms with E-state index < -0.39 is 23.6 Å². The van der Waals surface area contributed by atoms with Crippen molar-refractivity contribution in [3.05, 3.63) is 23.5 Å². The third-order valence-corrected chi connectivity index (χ3v) is 2.96. The predicted molar refractivity (Wildman–Crippen MR) is 57.5 cm³/mol. The summed E-state index contributed by atoms with van der Waals surface area (Å²) in [6.45, 7) is 1.54. The van der Waals surface area contributed by atoms with Gasteiger partial charge in [-0.2, -0.15) is 13.2 Å². The van der Waals surface area contributed by atoms with Crippen LogP contribution in [0.2, 0.25) is 0 Å². The van der Waals surface area contributed by atoms with Gasteiger partial charge >= 0.3 is 12.1 Å². The lowest BCUT2D eigenvalue weighted by Crippen LogP contribution is -2.30. The molecule has 94 valence electrons. The second-order valence-electron chi connectivity index (χ2n) is 3.13. The number of anilines is 1. The Hall–Kier alpha value is -0.950. The normalized spacial score (nSPS) is 11.4. The van der Waals surface area contributed by atoms with Crippen molar-refractivity contribution < 1.29 is 22.4 Å². The number of amides is 1. The van der Waals surface area contributed by atoms with Crippen LogP contribution in [-0.2, 0) is 4.79 Å². The molecule has 0 atom stereocenters. The molecule has 1 N–H and O–H groups in total. The maximum Gasteiger partial charge on any atom is 0.471 e. The Bertz CT molecular complexity index is 449. The maximum absolute atomic E-state index is 13.3. The fourth-order valence-corrected chi connectivity index (χ4v) is 1.87. The van der Waals surface area contributed by atoms with Crippen LogP contribution in [0.25, 0.3) is 0 Å². The van der Waals surface area contributed by atoms with Gasteiger partial charge in [-0.1, -0.05) is 0 Å². The van der Waals surface area contributed by atoms with Crippen LogP contribution in [-0.4, -0.2) is 12.1 Å². The molecule has 0 bridgehead atoms. The van der Waals surface area contributed by atoms with Gasteiger partial charge in [0.15, 0.2) is 0 Å². The Morgan fingerprint density at radius 3 is 2.47 bits per heavy atom. The Kier molecular flexibility index (Phi) is 4.26. The first-order valence-electron chi connectivity index (χ1n) is 4.22. The minimum absolute atomic E-state index is 0.366. The van der Waals surface area contributed by atoms with Gasteiger partial charge in [0.2, 0.25) is 0 Å². The molecule has 0 spiro atoms. The molecule has 0 saturated carbocycles. The fourth-order valence-electron chi connectivity index (χ4n) is 1.02. The van der Waals surface area contributed by atoms with Crippen LogP contribution in [0.15, 0.2) is 17.0 Å². The highest BCUT2D eigenvalue weighted by Gasteiger charge is 2.39. The molecule has 0 saturated heterocycles. The molecule has 1 aromatic rings. The lowest BCUT2D eigenvalue weighted by atomic mass is 10.2. The van der Waals surface area contributed by atoms with Gasteiger partial charge in [0.1, 0.15) is 5.82 Å². The van der Waals surface area contributed by atoms with Crippen molar-refractivity contribution >= 4 is 33.3 Å². The summed E-state index contributed by atoms with van der Waals surface area (Å²) >= 11 is 0. The summed E-state index contributed by atoms with van der Waals surface area (Å²) in [7, 11) is 6.17. The Balaban J connectivity index is 3.03. The van der Waals surface area contributed by atoms with Gasteiger partial charge in [0, 0.05) is 4.90 Å². The number of hydrogen-bond donors (Lipinski definition) is 1. The minimum Gasteiger partial charge on any atom is -0.316 e. The van der Waals surface area contributed by atoms with Gasteiger partial charge < -0.3 is 5.32 Å². The van der Waals surface area contributed by atoms with Gasteiger partial charge in [0.25, 0.3) is 0 Å². The monoisotopic (exact) mass is 287 g/mol. The first kappa shape index (κ1) is 14.1. The van der Waals surface area contributed by atoms with Crippen molar-refractivity contribution in [1.82, 2.24) is 0 Å². The molecule has 1 rings (SSSR count). The third-order valence-electron chi connectivity index (χ3n) is 1.85. The van der Waals surface area contributed by atoms with E-state index in [9.17, 15) is 22.4 Å². The van der Waals surface area contributed by atoms with Crippen molar-refractivity contribution in [2.45, 2.75) is 18.0 Å². The average molecular weight is 288 g/mol. The van der Waals surface area contributed by atoms with E-state index in [0.29, 0.717) is 10.5 Å². The van der Waals surface area contributed by atoms with Gasteiger partial charge in [0.05, 0.1) is 5.69 Å². The molecule has 0 aliphatic rings. The Morgan fingerprint density at radius 1 is 1.41 bits per heavy atom. The minimum atomic E-state index is -5.06. The van der Waals surface area contributed by atoms with Crippen molar-refractivity contribution in [2.75, 3.05) is 5.32 Å². The lowest BCUT2D eigenvalue weighted by molar-refractivity contribution is -0.167. The molecule has 0 aliphatic heterocycles. The van der Waals surface area contributed by atoms with Crippen molar-refractivity contribution in [2.24, 2.45) is 0 Å². The van der Waals surface area contributed by atoms with E-state index in [0.717, 1.165) is 23.1 Å². The molecule has 2 nitrogen and oxygen atoms in total. The first-order chi connectivity index (χ1) is 7.75. The number of carbonyl (C=O) groups excluding carboxylic acids is 1. The molecule has 1 amide bonds. The van der Waals surface area contributed by atoms with Crippen LogP contribution in [0.3, 0.4) is 0 Å². The molecule has 0 fully saturated rings. The average Bonchev–Trinajstić information content (AvgIpc) is 2.20. The van der Waals surface area contributed by atoms with E-state index in [1.807, 2.05) is 0 Å². The zero-order valence-corrected chi connectivity index (χ0v) is 9.93. The van der Waals surface area contributed by atoms with Crippen molar-refractivity contribution in [3.8, 4) is 0 Å². The standard InChI is InChI=1S/C9H6ClF4NOS/c1-4-2-5(11)6(3-7(4)17-10)15-8(16)9(12,13)14/h2-3H,1H3,(H,15,16). The molecule has 8 heteroatoms. The second-order valence-corrected chi connectivity index (χ2v) is 4.18. The topological polar surface area (TPSA) is 29.1 Å². The molecule has 0 heterocycles. The van der Waals surface area contributed by atoms with Gasteiger partial charge in [-0.3, -0.25) is 4.79 Å². The summed E-state index contributed by atoms with van der Waals surface area (Å²) in [6.07, 6.45) is -5.06. The molecule has 1 aromatic carbocycles. The van der Waals surface area contributed by atoms with Crippen LogP contribution in [0, 0.1) is 12.7 Å². The number of nitrogens with one attached hydrogen (secondary N) is 1. The molecule has 0 aromatic heterocycles. The van der Waals surface area contributed by atoms with E-state index in [4.69, 9.17) is 10.7 Å². The van der Waals surface area contributed by atoms with Crippen LogP contribution in [0.5, 0.6) is 0 Å². The summed E-state index contributed by atoms with van der Waals surface area (Å²) in [6, 6.07) is 2.04. The van der Waals surface area contributed by atoms with Gasteiger partial charge in [-0.15, -0.1) is 0 Å². The number of aryl methyl sites for hydroxylation is 1. The molecular formula is C9H6ClF4NOS. The molecule has 0 radical (unpaired) electrons. The van der Waals surface area contributed by atoms with Gasteiger partial charge in [-0.05, 0) is 46.3 Å². The summed E-state index contributed by atoms with van der Waals surface area (Å²) in [5, 5.41) is 1.44. The van der Waals surface area contributed by atoms with Gasteiger partial charge in [-0.25, -0.2) is 4.39 Å². The second kappa shape index (κ2) is 5.14. The Morgan fingerprint density at radius 2 is 2.00 bits per heavy atom. The van der Waals surface area contributed by atoms with E-state index >= 15 is 0 Å². The quantitative estimate of drug-likeness (QED) is 0.836. The van der Waals surface area contributed by atoms with Crippen molar-refractivity contribution in [3.63, 3.8) is 0 Å². The largest absolute Gasteiger partial charge is 0.471 e. The number of hydrogen-bond acceptors (Lipinski definition) is 2. The lowest BCUT2D eigenvalue weighted by Gasteiger charge is -2.10. The zero-order chi connectivity index (χ0) is 13.2.